The van der Waals surface area contributed by atoms with E-state index in [0.29, 0.717) is 22.6 Å². The van der Waals surface area contributed by atoms with Crippen molar-refractivity contribution < 1.29 is 9.18 Å². The summed E-state index contributed by atoms with van der Waals surface area (Å²) in [5, 5.41) is 0.582. The number of fused-ring (bicyclic) bond motifs is 1. The number of halogens is 2. The number of rotatable bonds is 4. The van der Waals surface area contributed by atoms with Crippen molar-refractivity contribution in [2.45, 2.75) is 31.8 Å². The molecule has 0 aromatic heterocycles. The number of allylic oxidation sites excluding steroid dienone is 1. The molecule has 5 heteroatoms. The second-order valence-electron chi connectivity index (χ2n) is 5.93. The number of carbonyl (C=O) groups is 1. The Hall–Kier alpha value is -1.39. The largest absolute Gasteiger partial charge is 0.368 e. The van der Waals surface area contributed by atoms with Crippen molar-refractivity contribution in [1.82, 2.24) is 4.90 Å². The molecule has 0 radical (unpaired) electrons. The summed E-state index contributed by atoms with van der Waals surface area (Å²) in [5.41, 5.74) is 6.74. The van der Waals surface area contributed by atoms with Gasteiger partial charge in [-0.3, -0.25) is 9.69 Å². The third-order valence-corrected chi connectivity index (χ3v) is 4.79. The van der Waals surface area contributed by atoms with E-state index < -0.39 is 0 Å². The zero-order valence-electron chi connectivity index (χ0n) is 11.9. The van der Waals surface area contributed by atoms with Gasteiger partial charge >= 0.3 is 0 Å². The van der Waals surface area contributed by atoms with E-state index in [4.69, 9.17) is 17.3 Å². The molecule has 1 heterocycles. The molecular formula is C16H18ClFN2O. The van der Waals surface area contributed by atoms with Crippen LogP contribution in [0.4, 0.5) is 4.39 Å². The first-order chi connectivity index (χ1) is 9.97. The lowest BCUT2D eigenvalue weighted by Crippen LogP contribution is -2.43. The first kappa shape index (κ1) is 14.5. The molecule has 0 spiro atoms. The lowest BCUT2D eigenvalue weighted by Gasteiger charge is -2.24. The average Bonchev–Trinajstić information content (AvgIpc) is 3.13. The van der Waals surface area contributed by atoms with Crippen LogP contribution in [0.25, 0.3) is 5.57 Å². The van der Waals surface area contributed by atoms with E-state index in [2.05, 4.69) is 0 Å². The molecule has 21 heavy (non-hydrogen) atoms. The van der Waals surface area contributed by atoms with Crippen molar-refractivity contribution in [3.8, 4) is 0 Å². The number of amides is 1. The van der Waals surface area contributed by atoms with Crippen molar-refractivity contribution in [3.63, 3.8) is 0 Å². The molecule has 3 unspecified atom stereocenters. The Morgan fingerprint density at radius 1 is 1.48 bits per heavy atom. The summed E-state index contributed by atoms with van der Waals surface area (Å²) in [6, 6.07) is 7.12. The molecule has 1 saturated heterocycles. The summed E-state index contributed by atoms with van der Waals surface area (Å²) in [5.74, 6) is -0.0618. The molecule has 3 nitrogen and oxygen atoms in total. The van der Waals surface area contributed by atoms with Gasteiger partial charge in [-0.25, -0.2) is 4.39 Å². The predicted octanol–water partition coefficient (Wildman–Crippen LogP) is 2.99. The highest BCUT2D eigenvalue weighted by atomic mass is 35.5. The normalized spacial score (nSPS) is 29.0. The molecule has 1 aliphatic heterocycles. The Bertz CT molecular complexity index is 616. The van der Waals surface area contributed by atoms with E-state index >= 15 is 0 Å². The maximum absolute atomic E-state index is 14.5. The Morgan fingerprint density at radius 3 is 2.90 bits per heavy atom. The zero-order chi connectivity index (χ0) is 15.1. The summed E-state index contributed by atoms with van der Waals surface area (Å²) < 4.78 is 14.5. The smallest absolute Gasteiger partial charge is 0.234 e. The van der Waals surface area contributed by atoms with Crippen LogP contribution in [0.5, 0.6) is 0 Å². The van der Waals surface area contributed by atoms with E-state index in [9.17, 15) is 9.18 Å². The monoisotopic (exact) mass is 308 g/mol. The number of carbonyl (C=O) groups excluding carboxylic acids is 1. The second kappa shape index (κ2) is 5.43. The summed E-state index contributed by atoms with van der Waals surface area (Å²) in [6.07, 6.45) is 1.82. The minimum Gasteiger partial charge on any atom is -0.368 e. The number of hydrogen-bond acceptors (Lipinski definition) is 2. The first-order valence-corrected chi connectivity index (χ1v) is 7.51. The number of nitrogens with zero attached hydrogens (tertiary/aromatic N) is 1. The highest BCUT2D eigenvalue weighted by Gasteiger charge is 2.53. The summed E-state index contributed by atoms with van der Waals surface area (Å²) >= 11 is 5.94. The van der Waals surface area contributed by atoms with E-state index in [1.807, 2.05) is 11.0 Å². The van der Waals surface area contributed by atoms with Gasteiger partial charge in [0.1, 0.15) is 5.83 Å². The predicted molar refractivity (Wildman–Crippen MR) is 81.4 cm³/mol. The maximum Gasteiger partial charge on any atom is 0.234 e. The van der Waals surface area contributed by atoms with Gasteiger partial charge < -0.3 is 5.73 Å². The molecule has 2 fully saturated rings. The standard InChI is InChI=1S/C16H18ClFN2O/c1-9(10-3-2-4-12(17)5-10)13(18)8-20-14-6-11(14)7-15(20)16(19)21/h2-5,11,14-15H,6-8H2,1H3,(H2,19,21)/b13-9+. The summed E-state index contributed by atoms with van der Waals surface area (Å²) in [7, 11) is 0. The Morgan fingerprint density at radius 2 is 2.24 bits per heavy atom. The Kier molecular flexibility index (Phi) is 3.76. The van der Waals surface area contributed by atoms with Gasteiger partial charge in [-0.2, -0.15) is 0 Å². The van der Waals surface area contributed by atoms with Crippen LogP contribution < -0.4 is 5.73 Å². The highest BCUT2D eigenvalue weighted by Crippen LogP contribution is 2.48. The van der Waals surface area contributed by atoms with Gasteiger partial charge in [0.2, 0.25) is 5.91 Å². The quantitative estimate of drug-likeness (QED) is 0.929. The van der Waals surface area contributed by atoms with Crippen molar-refractivity contribution in [2.24, 2.45) is 11.7 Å². The van der Waals surface area contributed by atoms with Crippen molar-refractivity contribution >= 4 is 23.1 Å². The Labute approximate surface area is 128 Å². The van der Waals surface area contributed by atoms with Crippen LogP contribution >= 0.6 is 11.6 Å². The topological polar surface area (TPSA) is 46.3 Å². The van der Waals surface area contributed by atoms with Gasteiger partial charge in [-0.05, 0) is 49.0 Å². The number of nitrogens with two attached hydrogens (primary N) is 1. The molecular weight excluding hydrogens is 291 g/mol. The molecule has 0 bridgehead atoms. The van der Waals surface area contributed by atoms with Crippen LogP contribution in [0, 0.1) is 5.92 Å². The lowest BCUT2D eigenvalue weighted by atomic mass is 10.1. The lowest BCUT2D eigenvalue weighted by molar-refractivity contribution is -0.122. The molecule has 1 aromatic carbocycles. The maximum atomic E-state index is 14.5. The molecule has 1 amide bonds. The molecule has 1 aromatic rings. The van der Waals surface area contributed by atoms with E-state index in [1.54, 1.807) is 25.1 Å². The average molecular weight is 309 g/mol. The van der Waals surface area contributed by atoms with Gasteiger partial charge in [-0.15, -0.1) is 0 Å². The fraction of sp³-hybridized carbons (Fsp3) is 0.438. The van der Waals surface area contributed by atoms with Crippen molar-refractivity contribution in [2.75, 3.05) is 6.54 Å². The molecule has 1 saturated carbocycles. The molecule has 1 aliphatic carbocycles. The minimum atomic E-state index is -0.351. The number of piperidine rings is 1. The number of benzene rings is 1. The van der Waals surface area contributed by atoms with Crippen molar-refractivity contribution in [3.05, 3.63) is 40.7 Å². The molecule has 2 N–H and O–H groups in total. The van der Waals surface area contributed by atoms with Gasteiger partial charge in [0, 0.05) is 11.1 Å². The zero-order valence-corrected chi connectivity index (χ0v) is 12.6. The van der Waals surface area contributed by atoms with Gasteiger partial charge in [0.05, 0.1) is 12.6 Å². The van der Waals surface area contributed by atoms with Crippen LogP contribution in [0.15, 0.2) is 30.1 Å². The number of likely N-dealkylation sites (tertiary alicyclic amines) is 1. The number of hydrogen-bond donors (Lipinski definition) is 1. The van der Waals surface area contributed by atoms with Gasteiger partial charge in [-0.1, -0.05) is 23.7 Å². The third kappa shape index (κ3) is 2.83. The molecule has 3 atom stereocenters. The third-order valence-electron chi connectivity index (χ3n) is 4.55. The van der Waals surface area contributed by atoms with Crippen LogP contribution in [0.1, 0.15) is 25.3 Å². The van der Waals surface area contributed by atoms with Crippen LogP contribution in [-0.4, -0.2) is 29.4 Å². The Balaban J connectivity index is 1.80. The summed E-state index contributed by atoms with van der Waals surface area (Å²) in [4.78, 5) is 13.4. The first-order valence-electron chi connectivity index (χ1n) is 7.13. The van der Waals surface area contributed by atoms with E-state index in [1.165, 1.54) is 0 Å². The SMILES string of the molecule is C/C(=C(\F)CN1C(C(N)=O)CC2CC21)c1cccc(Cl)c1. The molecule has 3 rings (SSSR count). The van der Waals surface area contributed by atoms with Crippen molar-refractivity contribution in [1.29, 1.82) is 0 Å². The van der Waals surface area contributed by atoms with Gasteiger partial charge in [0.15, 0.2) is 0 Å². The fourth-order valence-corrected chi connectivity index (χ4v) is 3.40. The van der Waals surface area contributed by atoms with Crippen LogP contribution in [-0.2, 0) is 4.79 Å². The van der Waals surface area contributed by atoms with Crippen LogP contribution in [0.3, 0.4) is 0 Å². The molecule has 2 aliphatic rings. The highest BCUT2D eigenvalue weighted by molar-refractivity contribution is 6.30. The molecule has 112 valence electrons. The minimum absolute atomic E-state index is 0.146. The summed E-state index contributed by atoms with van der Waals surface area (Å²) in [6.45, 7) is 1.88. The van der Waals surface area contributed by atoms with E-state index in [-0.39, 0.29) is 24.3 Å². The fourth-order valence-electron chi connectivity index (χ4n) is 3.21. The van der Waals surface area contributed by atoms with Gasteiger partial charge in [0.25, 0.3) is 0 Å². The van der Waals surface area contributed by atoms with Crippen LogP contribution in [0.2, 0.25) is 5.02 Å². The second-order valence-corrected chi connectivity index (χ2v) is 6.37. The van der Waals surface area contributed by atoms with E-state index in [0.717, 1.165) is 18.4 Å². The number of primary amides is 1.